The van der Waals surface area contributed by atoms with Gasteiger partial charge in [0.15, 0.2) is 5.43 Å². The van der Waals surface area contributed by atoms with Crippen molar-refractivity contribution in [2.24, 2.45) is 0 Å². The van der Waals surface area contributed by atoms with Crippen molar-refractivity contribution < 1.29 is 4.42 Å². The average Bonchev–Trinajstić information content (AvgIpc) is 2.53. The third-order valence-electron chi connectivity index (χ3n) is 3.64. The summed E-state index contributed by atoms with van der Waals surface area (Å²) in [7, 11) is 0. The van der Waals surface area contributed by atoms with Crippen LogP contribution < -0.4 is 5.43 Å². The summed E-state index contributed by atoms with van der Waals surface area (Å²) in [6.07, 6.45) is 0. The van der Waals surface area contributed by atoms with E-state index in [0.29, 0.717) is 5.76 Å². The van der Waals surface area contributed by atoms with E-state index >= 15 is 0 Å². The fourth-order valence-corrected chi connectivity index (χ4v) is 2.66. The van der Waals surface area contributed by atoms with Crippen LogP contribution in [0, 0.1) is 0 Å². The van der Waals surface area contributed by atoms with Crippen LogP contribution in [0.1, 0.15) is 0 Å². The quantitative estimate of drug-likeness (QED) is 0.391. The van der Waals surface area contributed by atoms with E-state index in [4.69, 9.17) is 4.42 Å². The summed E-state index contributed by atoms with van der Waals surface area (Å²) < 4.78 is 5.89. The SMILES string of the molecule is O=c1cc2oc3ccccc3cc-2c(-c2ccccc2)c1.[GeH4]. The second-order valence-corrected chi connectivity index (χ2v) is 5.03. The minimum absolute atomic E-state index is 0. The Bertz CT molecular complexity index is 958. The standard InChI is InChI=1S/C19H12O2.GeH4/c20-15-11-16(13-6-2-1-3-7-13)17-10-14-8-4-5-9-18(14)21-19(17)12-15;/h1-12H;1H4. The third kappa shape index (κ3) is 2.46. The average molecular weight is 349 g/mol. The van der Waals surface area contributed by atoms with Gasteiger partial charge in [-0.25, -0.2) is 0 Å². The second kappa shape index (κ2) is 5.81. The van der Waals surface area contributed by atoms with Crippen molar-refractivity contribution in [2.45, 2.75) is 0 Å². The minimum atomic E-state index is -0.0413. The number of para-hydroxylation sites is 1. The third-order valence-corrected chi connectivity index (χ3v) is 3.64. The zero-order valence-corrected chi connectivity index (χ0v) is 11.2. The zero-order valence-electron chi connectivity index (χ0n) is 11.2. The van der Waals surface area contributed by atoms with Crippen molar-refractivity contribution in [3.63, 3.8) is 0 Å². The van der Waals surface area contributed by atoms with Crippen LogP contribution in [0.5, 0.6) is 0 Å². The maximum atomic E-state index is 12.0. The van der Waals surface area contributed by atoms with Crippen LogP contribution in [-0.2, 0) is 0 Å². The Morgan fingerprint density at radius 3 is 2.27 bits per heavy atom. The molecule has 1 aliphatic heterocycles. The van der Waals surface area contributed by atoms with Crippen LogP contribution in [0.15, 0.2) is 82.0 Å². The van der Waals surface area contributed by atoms with Gasteiger partial charge in [0, 0.05) is 17.0 Å². The summed E-state index contributed by atoms with van der Waals surface area (Å²) in [4.78, 5) is 12.0. The van der Waals surface area contributed by atoms with Crippen molar-refractivity contribution in [3.8, 4) is 22.5 Å². The molecule has 4 rings (SSSR count). The van der Waals surface area contributed by atoms with Crippen molar-refractivity contribution in [1.29, 1.82) is 0 Å². The van der Waals surface area contributed by atoms with Gasteiger partial charge >= 0.3 is 17.6 Å². The molecule has 0 saturated carbocycles. The van der Waals surface area contributed by atoms with E-state index < -0.39 is 0 Å². The molecule has 0 unspecified atom stereocenters. The van der Waals surface area contributed by atoms with E-state index in [-0.39, 0.29) is 23.0 Å². The Morgan fingerprint density at radius 1 is 0.727 bits per heavy atom. The molecule has 2 aromatic rings. The van der Waals surface area contributed by atoms with E-state index in [1.807, 2.05) is 54.6 Å². The normalized spacial score (nSPS) is 10.5. The molecule has 22 heavy (non-hydrogen) atoms. The van der Waals surface area contributed by atoms with E-state index in [2.05, 4.69) is 6.07 Å². The Hall–Kier alpha value is -2.33. The summed E-state index contributed by atoms with van der Waals surface area (Å²) in [5.41, 5.74) is 3.63. The molecule has 2 nitrogen and oxygen atoms in total. The van der Waals surface area contributed by atoms with Crippen LogP contribution in [0.2, 0.25) is 0 Å². The van der Waals surface area contributed by atoms with Crippen LogP contribution in [0.4, 0.5) is 0 Å². The van der Waals surface area contributed by atoms with Gasteiger partial charge in [0.05, 0.1) is 0 Å². The van der Waals surface area contributed by atoms with Crippen LogP contribution in [0.25, 0.3) is 33.4 Å². The molecule has 1 heterocycles. The number of hydrogen-bond acceptors (Lipinski definition) is 2. The van der Waals surface area contributed by atoms with Crippen LogP contribution in [0.3, 0.4) is 0 Å². The molecule has 0 atom stereocenters. The van der Waals surface area contributed by atoms with Gasteiger partial charge in [0.2, 0.25) is 0 Å². The monoisotopic (exact) mass is 350 g/mol. The first-order valence-corrected chi connectivity index (χ1v) is 6.83. The predicted octanol–water partition coefficient (Wildman–Crippen LogP) is 3.11. The topological polar surface area (TPSA) is 30.2 Å². The first kappa shape index (κ1) is 14.6. The molecule has 108 valence electrons. The molecule has 0 N–H and O–H groups in total. The van der Waals surface area contributed by atoms with Gasteiger partial charge in [0.1, 0.15) is 11.3 Å². The van der Waals surface area contributed by atoms with E-state index in [9.17, 15) is 4.79 Å². The van der Waals surface area contributed by atoms with E-state index in [1.165, 1.54) is 0 Å². The second-order valence-electron chi connectivity index (χ2n) is 5.03. The molecular formula is C19H16GeO2. The first-order valence-electron chi connectivity index (χ1n) is 6.83. The van der Waals surface area contributed by atoms with Gasteiger partial charge in [-0.1, -0.05) is 48.5 Å². The number of rotatable bonds is 1. The summed E-state index contributed by atoms with van der Waals surface area (Å²) in [6.45, 7) is 0. The maximum absolute atomic E-state index is 12.0. The molecule has 2 aromatic carbocycles. The van der Waals surface area contributed by atoms with Gasteiger partial charge in [-0.3, -0.25) is 4.79 Å². The Balaban J connectivity index is 0.00000144. The van der Waals surface area contributed by atoms with Crippen LogP contribution in [-0.4, -0.2) is 17.6 Å². The molecule has 0 amide bonds. The molecule has 0 bridgehead atoms. The van der Waals surface area contributed by atoms with Gasteiger partial charge in [-0.2, -0.15) is 0 Å². The molecule has 0 fully saturated rings. The van der Waals surface area contributed by atoms with Crippen LogP contribution >= 0.6 is 0 Å². The Kier molecular flexibility index (Phi) is 3.86. The predicted molar refractivity (Wildman–Crippen MR) is 95.9 cm³/mol. The molecule has 0 radical (unpaired) electrons. The summed E-state index contributed by atoms with van der Waals surface area (Å²) in [5.74, 6) is 0.625. The van der Waals surface area contributed by atoms with Gasteiger partial charge < -0.3 is 4.42 Å². The number of hydrogen-bond donors (Lipinski definition) is 0. The molecule has 0 aromatic heterocycles. The van der Waals surface area contributed by atoms with Gasteiger partial charge in [-0.15, -0.1) is 0 Å². The fraction of sp³-hybridized carbons (Fsp3) is 0. The molecule has 3 heteroatoms. The van der Waals surface area contributed by atoms with Gasteiger partial charge in [0.25, 0.3) is 0 Å². The Labute approximate surface area is 138 Å². The van der Waals surface area contributed by atoms with E-state index in [0.717, 1.165) is 27.7 Å². The molecule has 2 aliphatic rings. The Morgan fingerprint density at radius 2 is 1.45 bits per heavy atom. The molecular weight excluding hydrogens is 333 g/mol. The summed E-state index contributed by atoms with van der Waals surface area (Å²) in [6, 6.07) is 23.0. The molecule has 0 saturated heterocycles. The van der Waals surface area contributed by atoms with Crippen molar-refractivity contribution in [3.05, 3.63) is 83.0 Å². The zero-order chi connectivity index (χ0) is 14.2. The van der Waals surface area contributed by atoms with Gasteiger partial charge in [-0.05, 0) is 29.3 Å². The number of benzene rings is 3. The van der Waals surface area contributed by atoms with Crippen molar-refractivity contribution in [2.75, 3.05) is 0 Å². The summed E-state index contributed by atoms with van der Waals surface area (Å²) in [5, 5.41) is 1.03. The molecule has 1 aliphatic carbocycles. The number of fused-ring (bicyclic) bond motifs is 2. The van der Waals surface area contributed by atoms with Crippen molar-refractivity contribution >= 4 is 28.6 Å². The fourth-order valence-electron chi connectivity index (χ4n) is 2.66. The van der Waals surface area contributed by atoms with Crippen molar-refractivity contribution in [1.82, 2.24) is 0 Å². The molecule has 0 spiro atoms. The van der Waals surface area contributed by atoms with E-state index in [1.54, 1.807) is 12.1 Å². The first-order chi connectivity index (χ1) is 10.3. The summed E-state index contributed by atoms with van der Waals surface area (Å²) >= 11 is 0.